The number of anilines is 1. The maximum absolute atomic E-state index is 5.49. The van der Waals surface area contributed by atoms with Crippen LogP contribution in [0, 0.1) is 0 Å². The van der Waals surface area contributed by atoms with Crippen molar-refractivity contribution >= 4 is 11.4 Å². The number of H-pyrrole nitrogens is 1. The van der Waals surface area contributed by atoms with Crippen molar-refractivity contribution in [2.24, 2.45) is 0 Å². The largest absolute Gasteiger partial charge is 0.379 e. The molecule has 1 fully saturated rings. The number of hydrogen-bond donors (Lipinski definition) is 2. The van der Waals surface area contributed by atoms with Crippen molar-refractivity contribution in [1.82, 2.24) is 15.2 Å². The van der Waals surface area contributed by atoms with Gasteiger partial charge < -0.3 is 19.9 Å². The van der Waals surface area contributed by atoms with Crippen LogP contribution in [0.4, 0.5) is 5.69 Å². The summed E-state index contributed by atoms with van der Waals surface area (Å²) >= 11 is 0. The fourth-order valence-electron chi connectivity index (χ4n) is 4.42. The van der Waals surface area contributed by atoms with Crippen molar-refractivity contribution in [2.45, 2.75) is 26.1 Å². The first kappa shape index (κ1) is 19.9. The number of fused-ring (bicyclic) bond motifs is 1. The van der Waals surface area contributed by atoms with Gasteiger partial charge in [0.2, 0.25) is 0 Å². The van der Waals surface area contributed by atoms with Crippen molar-refractivity contribution < 1.29 is 4.74 Å². The number of benzene rings is 2. The van der Waals surface area contributed by atoms with Crippen LogP contribution in [0.1, 0.15) is 35.3 Å². The van der Waals surface area contributed by atoms with Gasteiger partial charge in [0.15, 0.2) is 0 Å². The first-order valence-corrected chi connectivity index (χ1v) is 11.1. The van der Waals surface area contributed by atoms with E-state index in [1.54, 1.807) is 0 Å². The van der Waals surface area contributed by atoms with Crippen LogP contribution >= 0.6 is 0 Å². The summed E-state index contributed by atoms with van der Waals surface area (Å²) in [6, 6.07) is 21.9. The standard InChI is InChI=1S/C26H30N4O/c1-20(22-7-3-2-4-8-22)28-26-19-30(18-25-24(26)10-11-27-25)23-9-5-6-21(16-23)17-29-12-14-31-15-13-29/h2-11,16,19-20,27-28H,12-15,17-18H2,1H3/t20-/m1/s1. The molecule has 1 aromatic heterocycles. The van der Waals surface area contributed by atoms with Gasteiger partial charge in [0.1, 0.15) is 0 Å². The number of nitrogens with zero attached hydrogens (tertiary/aromatic N) is 2. The Hall–Kier alpha value is -3.02. The second-order valence-corrected chi connectivity index (χ2v) is 8.38. The molecule has 1 atom stereocenters. The Balaban J connectivity index is 1.38. The highest BCUT2D eigenvalue weighted by atomic mass is 16.5. The molecule has 0 unspecified atom stereocenters. The molecule has 2 aliphatic heterocycles. The Morgan fingerprint density at radius 3 is 2.71 bits per heavy atom. The first-order valence-electron chi connectivity index (χ1n) is 11.1. The lowest BCUT2D eigenvalue weighted by molar-refractivity contribution is 0.0342. The van der Waals surface area contributed by atoms with Crippen LogP contribution in [0.25, 0.3) is 5.70 Å². The highest BCUT2D eigenvalue weighted by Crippen LogP contribution is 2.30. The number of aromatic nitrogens is 1. The van der Waals surface area contributed by atoms with E-state index in [-0.39, 0.29) is 6.04 Å². The predicted octanol–water partition coefficient (Wildman–Crippen LogP) is 4.52. The average molecular weight is 415 g/mol. The number of morpholine rings is 1. The topological polar surface area (TPSA) is 43.5 Å². The van der Waals surface area contributed by atoms with Crippen molar-refractivity contribution in [3.63, 3.8) is 0 Å². The maximum Gasteiger partial charge on any atom is 0.0634 e. The molecule has 0 amide bonds. The molecule has 5 heteroatoms. The molecule has 0 saturated carbocycles. The SMILES string of the molecule is C[C@@H](NC1=CN(c2cccc(CN3CCOCC3)c2)Cc2[nH]ccc21)c1ccccc1. The summed E-state index contributed by atoms with van der Waals surface area (Å²) < 4.78 is 5.49. The predicted molar refractivity (Wildman–Crippen MR) is 125 cm³/mol. The van der Waals surface area contributed by atoms with Gasteiger partial charge >= 0.3 is 0 Å². The van der Waals surface area contributed by atoms with Crippen molar-refractivity contribution in [3.8, 4) is 0 Å². The van der Waals surface area contributed by atoms with E-state index in [0.717, 1.165) is 45.1 Å². The van der Waals surface area contributed by atoms with Crippen LogP contribution in [-0.4, -0.2) is 36.2 Å². The van der Waals surface area contributed by atoms with Gasteiger partial charge in [-0.25, -0.2) is 0 Å². The number of hydrogen-bond acceptors (Lipinski definition) is 4. The zero-order valence-corrected chi connectivity index (χ0v) is 18.1. The molecule has 0 spiro atoms. The van der Waals surface area contributed by atoms with Crippen LogP contribution in [0.15, 0.2) is 73.1 Å². The fraction of sp³-hybridized carbons (Fsp3) is 0.308. The zero-order valence-electron chi connectivity index (χ0n) is 18.1. The molecule has 160 valence electrons. The average Bonchev–Trinajstić information content (AvgIpc) is 3.30. The molecule has 2 aromatic carbocycles. The Kier molecular flexibility index (Phi) is 5.78. The van der Waals surface area contributed by atoms with Crippen molar-refractivity contribution in [1.29, 1.82) is 0 Å². The summed E-state index contributed by atoms with van der Waals surface area (Å²) in [5, 5.41) is 3.73. The van der Waals surface area contributed by atoms with E-state index in [1.165, 1.54) is 28.1 Å². The molecule has 2 N–H and O–H groups in total. The molecule has 3 aromatic rings. The summed E-state index contributed by atoms with van der Waals surface area (Å²) in [5.41, 5.74) is 7.49. The Morgan fingerprint density at radius 1 is 1.03 bits per heavy atom. The van der Waals surface area contributed by atoms with Gasteiger partial charge in [-0.05, 0) is 36.2 Å². The van der Waals surface area contributed by atoms with Crippen molar-refractivity contribution in [3.05, 3.63) is 95.4 Å². The summed E-state index contributed by atoms with van der Waals surface area (Å²) in [7, 11) is 0. The monoisotopic (exact) mass is 414 g/mol. The molecule has 2 aliphatic rings. The van der Waals surface area contributed by atoms with Crippen LogP contribution in [0.2, 0.25) is 0 Å². The third-order valence-corrected chi connectivity index (χ3v) is 6.16. The van der Waals surface area contributed by atoms with Gasteiger partial charge in [-0.1, -0.05) is 42.5 Å². The molecular formula is C26H30N4O. The van der Waals surface area contributed by atoms with Gasteiger partial charge in [0.05, 0.1) is 25.5 Å². The van der Waals surface area contributed by atoms with Gasteiger partial charge in [-0.2, -0.15) is 0 Å². The highest BCUT2D eigenvalue weighted by molar-refractivity contribution is 5.73. The van der Waals surface area contributed by atoms with Crippen LogP contribution < -0.4 is 10.2 Å². The summed E-state index contributed by atoms with van der Waals surface area (Å²) in [5.74, 6) is 0. The summed E-state index contributed by atoms with van der Waals surface area (Å²) in [6.45, 7) is 7.70. The number of nitrogens with one attached hydrogen (secondary N) is 2. The Labute approximate surface area is 184 Å². The zero-order chi connectivity index (χ0) is 21.0. The highest BCUT2D eigenvalue weighted by Gasteiger charge is 2.21. The molecule has 0 aliphatic carbocycles. The molecule has 0 bridgehead atoms. The third kappa shape index (κ3) is 4.53. The van der Waals surface area contributed by atoms with E-state index < -0.39 is 0 Å². The van der Waals surface area contributed by atoms with Crippen molar-refractivity contribution in [2.75, 3.05) is 31.2 Å². The Morgan fingerprint density at radius 2 is 1.87 bits per heavy atom. The molecular weight excluding hydrogens is 384 g/mol. The lowest BCUT2D eigenvalue weighted by Gasteiger charge is -2.30. The Bertz CT molecular complexity index is 1040. The summed E-state index contributed by atoms with van der Waals surface area (Å²) in [4.78, 5) is 8.24. The fourth-order valence-corrected chi connectivity index (χ4v) is 4.42. The van der Waals surface area contributed by atoms with Crippen LogP contribution in [-0.2, 0) is 17.8 Å². The van der Waals surface area contributed by atoms with Gasteiger partial charge in [0, 0.05) is 55.0 Å². The lowest BCUT2D eigenvalue weighted by Crippen LogP contribution is -2.35. The third-order valence-electron chi connectivity index (χ3n) is 6.16. The quantitative estimate of drug-likeness (QED) is 0.623. The minimum Gasteiger partial charge on any atom is -0.379 e. The van der Waals surface area contributed by atoms with Crippen LogP contribution in [0.5, 0.6) is 0 Å². The first-order chi connectivity index (χ1) is 15.3. The molecule has 31 heavy (non-hydrogen) atoms. The minimum absolute atomic E-state index is 0.225. The molecule has 5 nitrogen and oxygen atoms in total. The second-order valence-electron chi connectivity index (χ2n) is 8.38. The lowest BCUT2D eigenvalue weighted by atomic mass is 10.0. The van der Waals surface area contributed by atoms with E-state index in [1.807, 2.05) is 6.20 Å². The van der Waals surface area contributed by atoms with Crippen LogP contribution in [0.3, 0.4) is 0 Å². The van der Waals surface area contributed by atoms with Gasteiger partial charge in [-0.3, -0.25) is 4.90 Å². The van der Waals surface area contributed by atoms with Gasteiger partial charge in [0.25, 0.3) is 0 Å². The molecule has 3 heterocycles. The number of ether oxygens (including phenoxy) is 1. The second kappa shape index (κ2) is 9.00. The van der Waals surface area contributed by atoms with E-state index >= 15 is 0 Å². The normalized spacial score (nSPS) is 17.7. The maximum atomic E-state index is 5.49. The number of aromatic amines is 1. The molecule has 1 saturated heterocycles. The van der Waals surface area contributed by atoms with E-state index in [2.05, 4.69) is 93.9 Å². The van der Waals surface area contributed by atoms with E-state index in [0.29, 0.717) is 0 Å². The minimum atomic E-state index is 0.225. The van der Waals surface area contributed by atoms with E-state index in [9.17, 15) is 0 Å². The summed E-state index contributed by atoms with van der Waals surface area (Å²) in [6.07, 6.45) is 4.29. The van der Waals surface area contributed by atoms with Gasteiger partial charge in [-0.15, -0.1) is 0 Å². The molecule has 0 radical (unpaired) electrons. The smallest absolute Gasteiger partial charge is 0.0634 e. The molecule has 5 rings (SSSR count). The number of rotatable bonds is 6. The van der Waals surface area contributed by atoms with E-state index in [4.69, 9.17) is 4.74 Å².